The first-order valence-electron chi connectivity index (χ1n) is 25.9. The van der Waals surface area contributed by atoms with Gasteiger partial charge in [0.1, 0.15) is 30.5 Å². The molecule has 4 N–H and O–H groups in total. The van der Waals surface area contributed by atoms with Crippen molar-refractivity contribution in [3.63, 3.8) is 0 Å². The molecule has 0 aliphatic carbocycles. The molecule has 1 aliphatic rings. The van der Waals surface area contributed by atoms with E-state index in [0.717, 1.165) is 44.9 Å². The van der Waals surface area contributed by atoms with Crippen molar-refractivity contribution >= 4 is 5.97 Å². The molecule has 1 aliphatic heterocycles. The van der Waals surface area contributed by atoms with Gasteiger partial charge in [-0.1, -0.05) is 212 Å². The highest BCUT2D eigenvalue weighted by atomic mass is 16.7. The van der Waals surface area contributed by atoms with Crippen molar-refractivity contribution in [2.75, 3.05) is 26.4 Å². The van der Waals surface area contributed by atoms with Crippen molar-refractivity contribution in [3.05, 3.63) is 24.3 Å². The van der Waals surface area contributed by atoms with Crippen molar-refractivity contribution in [2.24, 2.45) is 0 Å². The molecule has 0 aromatic rings. The van der Waals surface area contributed by atoms with Crippen LogP contribution in [0, 0.1) is 0 Å². The summed E-state index contributed by atoms with van der Waals surface area (Å²) < 4.78 is 22.9. The van der Waals surface area contributed by atoms with Crippen LogP contribution in [0.5, 0.6) is 0 Å². The van der Waals surface area contributed by atoms with Crippen LogP contribution in [0.1, 0.15) is 239 Å². The summed E-state index contributed by atoms with van der Waals surface area (Å²) in [6.45, 7) is 4.57. The van der Waals surface area contributed by atoms with E-state index in [9.17, 15) is 25.2 Å². The predicted octanol–water partition coefficient (Wildman–Crippen LogP) is 12.5. The van der Waals surface area contributed by atoms with Crippen molar-refractivity contribution in [1.29, 1.82) is 0 Å². The first kappa shape index (κ1) is 57.7. The van der Waals surface area contributed by atoms with Crippen LogP contribution in [0.25, 0.3) is 0 Å². The third kappa shape index (κ3) is 34.7. The maximum atomic E-state index is 12.8. The Balaban J connectivity index is 2.19. The van der Waals surface area contributed by atoms with E-state index in [1.54, 1.807) is 0 Å². The van der Waals surface area contributed by atoms with Gasteiger partial charge < -0.3 is 39.4 Å². The zero-order valence-electron chi connectivity index (χ0n) is 39.7. The number of esters is 1. The van der Waals surface area contributed by atoms with E-state index in [1.165, 1.54) is 173 Å². The highest BCUT2D eigenvalue weighted by Crippen LogP contribution is 2.23. The second kappa shape index (κ2) is 43.9. The highest BCUT2D eigenvalue weighted by Gasteiger charge is 2.44. The number of aliphatic hydroxyl groups excluding tert-OH is 4. The fraction of sp³-hybridized carbons (Fsp3) is 0.904. The maximum Gasteiger partial charge on any atom is 0.306 e. The summed E-state index contributed by atoms with van der Waals surface area (Å²) in [5.74, 6) is -0.317. The zero-order chi connectivity index (χ0) is 44.3. The number of carbonyl (C=O) groups excluding carboxylic acids is 1. The van der Waals surface area contributed by atoms with Crippen LogP contribution < -0.4 is 0 Å². The summed E-state index contributed by atoms with van der Waals surface area (Å²) in [5.41, 5.74) is 0. The predicted molar refractivity (Wildman–Crippen MR) is 252 cm³/mol. The Labute approximate surface area is 375 Å². The molecule has 1 fully saturated rings. The number of hydrogen-bond donors (Lipinski definition) is 4. The summed E-state index contributed by atoms with van der Waals surface area (Å²) in [6.07, 6.45) is 45.0. The lowest BCUT2D eigenvalue weighted by Gasteiger charge is -2.39. The summed E-state index contributed by atoms with van der Waals surface area (Å²) in [5, 5.41) is 40.2. The lowest BCUT2D eigenvalue weighted by molar-refractivity contribution is -0.305. The first-order chi connectivity index (χ1) is 29.9. The second-order valence-electron chi connectivity index (χ2n) is 18.0. The van der Waals surface area contributed by atoms with E-state index >= 15 is 0 Å². The molecule has 1 saturated heterocycles. The average Bonchev–Trinajstić information content (AvgIpc) is 3.26. The molecule has 0 amide bonds. The van der Waals surface area contributed by atoms with Gasteiger partial charge in [-0.3, -0.25) is 4.79 Å². The smallest absolute Gasteiger partial charge is 0.306 e. The number of allylic oxidation sites excluding steroid dienone is 4. The van der Waals surface area contributed by atoms with Crippen molar-refractivity contribution in [2.45, 2.75) is 275 Å². The van der Waals surface area contributed by atoms with E-state index in [1.807, 2.05) is 0 Å². The van der Waals surface area contributed by atoms with E-state index in [2.05, 4.69) is 38.2 Å². The molecule has 360 valence electrons. The van der Waals surface area contributed by atoms with Gasteiger partial charge in [0.05, 0.1) is 19.8 Å². The van der Waals surface area contributed by atoms with Gasteiger partial charge in [0.15, 0.2) is 6.29 Å². The van der Waals surface area contributed by atoms with Crippen LogP contribution in [-0.4, -0.2) is 89.6 Å². The van der Waals surface area contributed by atoms with Crippen molar-refractivity contribution in [1.82, 2.24) is 0 Å². The molecule has 1 rings (SSSR count). The Morgan fingerprint density at radius 1 is 0.525 bits per heavy atom. The van der Waals surface area contributed by atoms with Gasteiger partial charge in [-0.2, -0.15) is 0 Å². The number of carbonyl (C=O) groups is 1. The Bertz CT molecular complexity index is 988. The van der Waals surface area contributed by atoms with Crippen LogP contribution in [0.3, 0.4) is 0 Å². The van der Waals surface area contributed by atoms with Crippen LogP contribution in [0.4, 0.5) is 0 Å². The summed E-state index contributed by atoms with van der Waals surface area (Å²) in [6, 6.07) is 0. The standard InChI is InChI=1S/C52H98O9/c1-3-5-7-9-11-13-15-17-19-21-22-23-24-26-28-30-32-34-36-38-40-42-58-44-46(45-59-52-51(57)50(56)49(55)47(43-53)61-52)60-48(54)41-39-37-35-33-31-29-27-25-20-18-16-14-12-10-8-6-4-2/h12,14,18,20,46-47,49-53,55-57H,3-11,13,15-17,19,21-45H2,1-2H3/b14-12-,20-18-. The summed E-state index contributed by atoms with van der Waals surface area (Å²) in [7, 11) is 0. The van der Waals surface area contributed by atoms with Crippen LogP contribution >= 0.6 is 0 Å². The van der Waals surface area contributed by atoms with Gasteiger partial charge in [-0.25, -0.2) is 0 Å². The third-order valence-corrected chi connectivity index (χ3v) is 12.1. The van der Waals surface area contributed by atoms with Gasteiger partial charge in [-0.05, 0) is 44.9 Å². The second-order valence-corrected chi connectivity index (χ2v) is 18.0. The first-order valence-corrected chi connectivity index (χ1v) is 25.9. The Hall–Kier alpha value is -1.33. The minimum absolute atomic E-state index is 0.112. The van der Waals surface area contributed by atoms with Crippen molar-refractivity contribution in [3.8, 4) is 0 Å². The monoisotopic (exact) mass is 867 g/mol. The van der Waals surface area contributed by atoms with Crippen LogP contribution in [-0.2, 0) is 23.7 Å². The van der Waals surface area contributed by atoms with E-state index in [4.69, 9.17) is 18.9 Å². The molecule has 0 aromatic carbocycles. The van der Waals surface area contributed by atoms with Gasteiger partial charge >= 0.3 is 5.97 Å². The lowest BCUT2D eigenvalue weighted by Crippen LogP contribution is -2.59. The Morgan fingerprint density at radius 2 is 0.951 bits per heavy atom. The average molecular weight is 867 g/mol. The topological polar surface area (TPSA) is 135 Å². The number of hydrogen-bond acceptors (Lipinski definition) is 9. The maximum absolute atomic E-state index is 12.8. The fourth-order valence-corrected chi connectivity index (χ4v) is 8.05. The molecule has 0 saturated carbocycles. The molecule has 0 radical (unpaired) electrons. The molecule has 0 bridgehead atoms. The SMILES string of the molecule is CCCCC/C=C\C/C=C\CCCCCCCCCC(=O)OC(COCCCCCCCCCCCCCCCCCCCCCCC)COC1OC(CO)C(O)C(O)C1O. The molecule has 0 aromatic heterocycles. The fourth-order valence-electron chi connectivity index (χ4n) is 8.05. The molecule has 0 spiro atoms. The van der Waals surface area contributed by atoms with Gasteiger partial charge in [0.2, 0.25) is 0 Å². The lowest BCUT2D eigenvalue weighted by atomic mass is 9.99. The highest BCUT2D eigenvalue weighted by molar-refractivity contribution is 5.69. The molecule has 6 atom stereocenters. The van der Waals surface area contributed by atoms with Crippen LogP contribution in [0.2, 0.25) is 0 Å². The molecule has 6 unspecified atom stereocenters. The summed E-state index contributed by atoms with van der Waals surface area (Å²) in [4.78, 5) is 12.8. The molecule has 9 nitrogen and oxygen atoms in total. The van der Waals surface area contributed by atoms with Crippen LogP contribution in [0.15, 0.2) is 24.3 Å². The molecule has 61 heavy (non-hydrogen) atoms. The minimum Gasteiger partial charge on any atom is -0.457 e. The van der Waals surface area contributed by atoms with Gasteiger partial charge in [-0.15, -0.1) is 0 Å². The van der Waals surface area contributed by atoms with Crippen molar-refractivity contribution < 1.29 is 44.2 Å². The van der Waals surface area contributed by atoms with Gasteiger partial charge in [0, 0.05) is 13.0 Å². The molecule has 1 heterocycles. The number of aliphatic hydroxyl groups is 4. The van der Waals surface area contributed by atoms with E-state index < -0.39 is 43.4 Å². The molecular formula is C52H98O9. The number of rotatable bonds is 45. The van der Waals surface area contributed by atoms with E-state index in [0.29, 0.717) is 13.0 Å². The normalized spacial score (nSPS) is 20.0. The van der Waals surface area contributed by atoms with E-state index in [-0.39, 0.29) is 19.2 Å². The Kier molecular flexibility index (Phi) is 41.5. The minimum atomic E-state index is -1.54. The zero-order valence-corrected chi connectivity index (χ0v) is 39.7. The number of unbranched alkanes of at least 4 members (excludes halogenated alkanes) is 30. The molecular weight excluding hydrogens is 769 g/mol. The number of ether oxygens (including phenoxy) is 4. The van der Waals surface area contributed by atoms with Gasteiger partial charge in [0.25, 0.3) is 0 Å². The Morgan fingerprint density at radius 3 is 1.44 bits per heavy atom. The molecule has 9 heteroatoms. The summed E-state index contributed by atoms with van der Waals surface area (Å²) >= 11 is 0. The third-order valence-electron chi connectivity index (χ3n) is 12.1. The quantitative estimate of drug-likeness (QED) is 0.0268. The largest absolute Gasteiger partial charge is 0.457 e.